The molecule has 2 aliphatic heterocycles. The number of benzene rings is 2. The van der Waals surface area contributed by atoms with Crippen LogP contribution in [0.2, 0.25) is 0 Å². The lowest BCUT2D eigenvalue weighted by Crippen LogP contribution is -2.31. The predicted octanol–water partition coefficient (Wildman–Crippen LogP) is 4.20. The highest BCUT2D eigenvalue weighted by molar-refractivity contribution is 5.96. The summed E-state index contributed by atoms with van der Waals surface area (Å²) in [5, 5.41) is 0. The molecule has 0 aliphatic carbocycles. The molecule has 28 heavy (non-hydrogen) atoms. The number of fused-ring (bicyclic) bond motifs is 1. The molecule has 0 saturated carbocycles. The van der Waals surface area contributed by atoms with E-state index in [0.29, 0.717) is 18.1 Å². The average molecular weight is 377 g/mol. The molecule has 0 atom stereocenters. The van der Waals surface area contributed by atoms with Gasteiger partial charge in [-0.05, 0) is 74.5 Å². The van der Waals surface area contributed by atoms with Gasteiger partial charge >= 0.3 is 0 Å². The monoisotopic (exact) mass is 376 g/mol. The first kappa shape index (κ1) is 19.4. The van der Waals surface area contributed by atoms with E-state index in [2.05, 4.69) is 65.4 Å². The van der Waals surface area contributed by atoms with Gasteiger partial charge < -0.3 is 4.90 Å². The second-order valence-corrected chi connectivity index (χ2v) is 8.62. The smallest absolute Gasteiger partial charge is 0.163 e. The zero-order valence-corrected chi connectivity index (χ0v) is 17.1. The zero-order chi connectivity index (χ0) is 19.3. The number of hydrogen-bond donors (Lipinski definition) is 0. The number of ketones is 1. The first-order valence-corrected chi connectivity index (χ1v) is 10.8. The molecule has 2 aliphatic rings. The molecule has 3 nitrogen and oxygen atoms in total. The van der Waals surface area contributed by atoms with E-state index in [1.165, 1.54) is 16.7 Å². The van der Waals surface area contributed by atoms with Crippen LogP contribution < -0.4 is 0 Å². The molecule has 1 saturated heterocycles. The summed E-state index contributed by atoms with van der Waals surface area (Å²) in [6, 6.07) is 17.2. The maximum absolute atomic E-state index is 12.8. The third kappa shape index (κ3) is 4.89. The summed E-state index contributed by atoms with van der Waals surface area (Å²) in [4.78, 5) is 17.8. The van der Waals surface area contributed by atoms with Crippen molar-refractivity contribution in [2.75, 3.05) is 33.2 Å². The van der Waals surface area contributed by atoms with E-state index in [1.807, 2.05) is 0 Å². The van der Waals surface area contributed by atoms with Crippen LogP contribution in [0.4, 0.5) is 0 Å². The number of piperidine rings is 1. The second-order valence-electron chi connectivity index (χ2n) is 8.62. The Morgan fingerprint density at radius 2 is 1.64 bits per heavy atom. The molecule has 3 heteroatoms. The van der Waals surface area contributed by atoms with Crippen molar-refractivity contribution in [2.24, 2.45) is 5.92 Å². The van der Waals surface area contributed by atoms with Crippen molar-refractivity contribution in [2.45, 2.75) is 38.6 Å². The molecule has 2 heterocycles. The van der Waals surface area contributed by atoms with Gasteiger partial charge in [0.1, 0.15) is 0 Å². The number of nitrogens with zero attached hydrogens (tertiary/aromatic N) is 2. The summed E-state index contributed by atoms with van der Waals surface area (Å²) in [5.41, 5.74) is 5.10. The minimum absolute atomic E-state index is 0.336. The van der Waals surface area contributed by atoms with E-state index in [1.54, 1.807) is 0 Å². The maximum Gasteiger partial charge on any atom is 0.163 e. The molecule has 0 aromatic heterocycles. The zero-order valence-electron chi connectivity index (χ0n) is 17.1. The third-order valence-electron chi connectivity index (χ3n) is 6.48. The molecule has 0 N–H and O–H groups in total. The Hall–Kier alpha value is -1.97. The quantitative estimate of drug-likeness (QED) is 0.731. The molecule has 0 radical (unpaired) electrons. The van der Waals surface area contributed by atoms with Gasteiger partial charge in [-0.3, -0.25) is 9.69 Å². The Kier molecular flexibility index (Phi) is 6.23. The summed E-state index contributed by atoms with van der Waals surface area (Å²) in [7, 11) is 2.17. The van der Waals surface area contributed by atoms with Gasteiger partial charge in [-0.1, -0.05) is 42.5 Å². The highest BCUT2D eigenvalue weighted by Gasteiger charge is 2.21. The number of rotatable bonds is 5. The SMILES string of the molecule is CN1CCC(CC(=O)c2ccc3c(c2)CCN(Cc2ccccc2)CC3)CC1. The molecule has 0 unspecified atom stereocenters. The topological polar surface area (TPSA) is 23.6 Å². The number of Topliss-reactive ketones (excluding diaryl/α,β-unsaturated/α-hetero) is 1. The first-order valence-electron chi connectivity index (χ1n) is 10.8. The van der Waals surface area contributed by atoms with E-state index in [9.17, 15) is 4.79 Å². The Bertz CT molecular complexity index is 793. The van der Waals surface area contributed by atoms with E-state index in [-0.39, 0.29) is 0 Å². The third-order valence-corrected chi connectivity index (χ3v) is 6.48. The molecule has 0 spiro atoms. The summed E-state index contributed by atoms with van der Waals surface area (Å²) < 4.78 is 0. The van der Waals surface area contributed by atoms with E-state index in [0.717, 1.165) is 64.0 Å². The molecule has 2 aromatic rings. The molecular formula is C25H32N2O. The Balaban J connectivity index is 1.37. The van der Waals surface area contributed by atoms with Crippen molar-refractivity contribution in [1.29, 1.82) is 0 Å². The second kappa shape index (κ2) is 9.02. The van der Waals surface area contributed by atoms with Crippen LogP contribution >= 0.6 is 0 Å². The lowest BCUT2D eigenvalue weighted by Gasteiger charge is -2.28. The summed E-state index contributed by atoms with van der Waals surface area (Å²) in [6.07, 6.45) is 5.14. The molecule has 0 bridgehead atoms. The largest absolute Gasteiger partial charge is 0.306 e. The fourth-order valence-electron chi connectivity index (χ4n) is 4.59. The van der Waals surface area contributed by atoms with E-state index >= 15 is 0 Å². The van der Waals surface area contributed by atoms with Gasteiger partial charge in [0.05, 0.1) is 0 Å². The average Bonchev–Trinajstić information content (AvgIpc) is 2.92. The van der Waals surface area contributed by atoms with Gasteiger partial charge in [-0.25, -0.2) is 0 Å². The molecule has 1 fully saturated rings. The lowest BCUT2D eigenvalue weighted by atomic mass is 9.89. The van der Waals surface area contributed by atoms with Crippen molar-refractivity contribution in [1.82, 2.24) is 9.80 Å². The van der Waals surface area contributed by atoms with Gasteiger partial charge in [0.15, 0.2) is 5.78 Å². The van der Waals surface area contributed by atoms with Crippen molar-refractivity contribution in [3.8, 4) is 0 Å². The van der Waals surface area contributed by atoms with E-state index in [4.69, 9.17) is 0 Å². The fraction of sp³-hybridized carbons (Fsp3) is 0.480. The van der Waals surface area contributed by atoms with Crippen LogP contribution in [0.25, 0.3) is 0 Å². The summed E-state index contributed by atoms with van der Waals surface area (Å²) in [6.45, 7) is 5.41. The van der Waals surface area contributed by atoms with Crippen LogP contribution in [0.5, 0.6) is 0 Å². The normalized spacial score (nSPS) is 19.2. The van der Waals surface area contributed by atoms with Gasteiger partial charge in [-0.2, -0.15) is 0 Å². The minimum atomic E-state index is 0.336. The van der Waals surface area contributed by atoms with Crippen molar-refractivity contribution >= 4 is 5.78 Å². The molecule has 2 aromatic carbocycles. The Labute approximate surface area is 169 Å². The van der Waals surface area contributed by atoms with Gasteiger partial charge in [0.25, 0.3) is 0 Å². The molecule has 0 amide bonds. The number of carbonyl (C=O) groups excluding carboxylic acids is 1. The summed E-state index contributed by atoms with van der Waals surface area (Å²) in [5.74, 6) is 0.895. The van der Waals surface area contributed by atoms with Crippen LogP contribution in [0.1, 0.15) is 46.3 Å². The van der Waals surface area contributed by atoms with Crippen LogP contribution in [0.3, 0.4) is 0 Å². The summed E-state index contributed by atoms with van der Waals surface area (Å²) >= 11 is 0. The predicted molar refractivity (Wildman–Crippen MR) is 115 cm³/mol. The van der Waals surface area contributed by atoms with Crippen molar-refractivity contribution < 1.29 is 4.79 Å². The highest BCUT2D eigenvalue weighted by atomic mass is 16.1. The number of carbonyl (C=O) groups is 1. The van der Waals surface area contributed by atoms with Crippen LogP contribution in [-0.4, -0.2) is 48.8 Å². The standard InChI is InChI=1S/C25H32N2O/c1-26-13-9-20(10-14-26)17-25(28)24-8-7-22-11-15-27(16-12-23(22)18-24)19-21-5-3-2-4-6-21/h2-8,18,20H,9-17,19H2,1H3. The minimum Gasteiger partial charge on any atom is -0.306 e. The van der Waals surface area contributed by atoms with E-state index < -0.39 is 0 Å². The lowest BCUT2D eigenvalue weighted by molar-refractivity contribution is 0.0936. The van der Waals surface area contributed by atoms with Gasteiger partial charge in [0.2, 0.25) is 0 Å². The van der Waals surface area contributed by atoms with Crippen LogP contribution in [0, 0.1) is 5.92 Å². The van der Waals surface area contributed by atoms with Gasteiger partial charge in [0, 0.05) is 31.6 Å². The van der Waals surface area contributed by atoms with Crippen molar-refractivity contribution in [3.63, 3.8) is 0 Å². The van der Waals surface area contributed by atoms with Crippen LogP contribution in [0.15, 0.2) is 48.5 Å². The molecular weight excluding hydrogens is 344 g/mol. The van der Waals surface area contributed by atoms with Crippen LogP contribution in [-0.2, 0) is 19.4 Å². The van der Waals surface area contributed by atoms with Crippen molar-refractivity contribution in [3.05, 3.63) is 70.8 Å². The maximum atomic E-state index is 12.8. The Morgan fingerprint density at radius 3 is 2.39 bits per heavy atom. The number of hydrogen-bond acceptors (Lipinski definition) is 3. The first-order chi connectivity index (χ1) is 13.7. The Morgan fingerprint density at radius 1 is 0.929 bits per heavy atom. The highest BCUT2D eigenvalue weighted by Crippen LogP contribution is 2.24. The fourth-order valence-corrected chi connectivity index (χ4v) is 4.59. The van der Waals surface area contributed by atoms with Gasteiger partial charge in [-0.15, -0.1) is 0 Å². The number of likely N-dealkylation sites (tertiary alicyclic amines) is 1. The molecule has 148 valence electrons. The molecule has 4 rings (SSSR count).